The molecule has 0 aliphatic carbocycles. The first-order chi connectivity index (χ1) is 11.6. The summed E-state index contributed by atoms with van der Waals surface area (Å²) in [6, 6.07) is 16.1. The van der Waals surface area contributed by atoms with Crippen LogP contribution in [-0.2, 0) is 4.74 Å². The Bertz CT molecular complexity index is 694. The van der Waals surface area contributed by atoms with Crippen LogP contribution in [0.1, 0.15) is 58.9 Å². The monoisotopic (exact) mass is 326 g/mol. The Balaban J connectivity index is 2.24. The standard InChI is InChI=1S/C20H22O4/c1-3-15(14-10-6-5-7-11-14)18(4-2)24-20(23)17-13-9-8-12-16(17)19(21)22/h5-13,15,18H,3-4H2,1-2H3,(H,21,22)/t15-,18+/m1/s1. The molecule has 126 valence electrons. The Morgan fingerprint density at radius 2 is 1.50 bits per heavy atom. The van der Waals surface area contributed by atoms with E-state index in [0.29, 0.717) is 6.42 Å². The van der Waals surface area contributed by atoms with Crippen LogP contribution in [0.15, 0.2) is 54.6 Å². The van der Waals surface area contributed by atoms with Crippen molar-refractivity contribution in [2.75, 3.05) is 0 Å². The van der Waals surface area contributed by atoms with Gasteiger partial charge in [0.2, 0.25) is 0 Å². The van der Waals surface area contributed by atoms with Crippen molar-refractivity contribution in [2.45, 2.75) is 38.7 Å². The molecule has 0 saturated heterocycles. The van der Waals surface area contributed by atoms with Crippen LogP contribution in [0, 0.1) is 0 Å². The maximum Gasteiger partial charge on any atom is 0.339 e. The zero-order valence-corrected chi connectivity index (χ0v) is 13.9. The molecule has 0 spiro atoms. The first-order valence-electron chi connectivity index (χ1n) is 8.16. The molecule has 0 heterocycles. The molecule has 0 fully saturated rings. The largest absolute Gasteiger partial charge is 0.478 e. The van der Waals surface area contributed by atoms with Gasteiger partial charge in [-0.2, -0.15) is 0 Å². The molecule has 4 nitrogen and oxygen atoms in total. The summed E-state index contributed by atoms with van der Waals surface area (Å²) >= 11 is 0. The van der Waals surface area contributed by atoms with Crippen molar-refractivity contribution < 1.29 is 19.4 Å². The predicted molar refractivity (Wildman–Crippen MR) is 92.4 cm³/mol. The van der Waals surface area contributed by atoms with Gasteiger partial charge in [-0.15, -0.1) is 0 Å². The Kier molecular flexibility index (Phi) is 6.13. The lowest BCUT2D eigenvalue weighted by atomic mass is 9.89. The molecule has 0 aromatic heterocycles. The Morgan fingerprint density at radius 3 is 2.04 bits per heavy atom. The minimum Gasteiger partial charge on any atom is -0.478 e. The van der Waals surface area contributed by atoms with Gasteiger partial charge in [-0.25, -0.2) is 9.59 Å². The van der Waals surface area contributed by atoms with Gasteiger partial charge in [-0.3, -0.25) is 0 Å². The van der Waals surface area contributed by atoms with E-state index in [0.717, 1.165) is 12.0 Å². The van der Waals surface area contributed by atoms with E-state index < -0.39 is 11.9 Å². The smallest absolute Gasteiger partial charge is 0.339 e. The first-order valence-corrected chi connectivity index (χ1v) is 8.16. The quantitative estimate of drug-likeness (QED) is 0.760. The average molecular weight is 326 g/mol. The van der Waals surface area contributed by atoms with Gasteiger partial charge in [0.25, 0.3) is 0 Å². The maximum absolute atomic E-state index is 12.5. The average Bonchev–Trinajstić information content (AvgIpc) is 2.62. The molecule has 2 aromatic rings. The number of rotatable bonds is 7. The summed E-state index contributed by atoms with van der Waals surface area (Å²) < 4.78 is 5.68. The van der Waals surface area contributed by atoms with Crippen molar-refractivity contribution in [3.05, 3.63) is 71.3 Å². The third-order valence-electron chi connectivity index (χ3n) is 4.15. The summed E-state index contributed by atoms with van der Waals surface area (Å²) in [5.41, 5.74) is 1.17. The highest BCUT2D eigenvalue weighted by atomic mass is 16.5. The van der Waals surface area contributed by atoms with Crippen molar-refractivity contribution in [3.8, 4) is 0 Å². The Labute approximate surface area is 142 Å². The molecule has 4 heteroatoms. The molecule has 2 atom stereocenters. The number of hydrogen-bond donors (Lipinski definition) is 1. The van der Waals surface area contributed by atoms with Crippen LogP contribution in [0.3, 0.4) is 0 Å². The van der Waals surface area contributed by atoms with Crippen LogP contribution in [0.25, 0.3) is 0 Å². The molecule has 0 aliphatic heterocycles. The highest BCUT2D eigenvalue weighted by Crippen LogP contribution is 2.28. The molecule has 0 unspecified atom stereocenters. The van der Waals surface area contributed by atoms with Gasteiger partial charge in [0.1, 0.15) is 6.10 Å². The van der Waals surface area contributed by atoms with Crippen molar-refractivity contribution >= 4 is 11.9 Å². The van der Waals surface area contributed by atoms with Crippen LogP contribution in [0.5, 0.6) is 0 Å². The van der Waals surface area contributed by atoms with Gasteiger partial charge in [-0.05, 0) is 30.5 Å². The van der Waals surface area contributed by atoms with Crippen LogP contribution >= 0.6 is 0 Å². The predicted octanol–water partition coefficient (Wildman–Crippen LogP) is 4.51. The number of carboxylic acid groups (broad SMARTS) is 1. The summed E-state index contributed by atoms with van der Waals surface area (Å²) in [4.78, 5) is 23.8. The molecule has 0 amide bonds. The molecule has 1 N–H and O–H groups in total. The number of ether oxygens (including phenoxy) is 1. The SMILES string of the molecule is CC[C@H](OC(=O)c1ccccc1C(=O)O)[C@H](CC)c1ccccc1. The molecule has 0 saturated carbocycles. The first kappa shape index (κ1) is 17.7. The van der Waals surface area contributed by atoms with Gasteiger partial charge < -0.3 is 9.84 Å². The molecule has 2 aromatic carbocycles. The second kappa shape index (κ2) is 8.29. The number of carboxylic acids is 1. The van der Waals surface area contributed by atoms with Crippen LogP contribution < -0.4 is 0 Å². The van der Waals surface area contributed by atoms with Gasteiger partial charge in [0, 0.05) is 5.92 Å². The van der Waals surface area contributed by atoms with E-state index in [1.165, 1.54) is 12.1 Å². The molecule has 24 heavy (non-hydrogen) atoms. The molecular weight excluding hydrogens is 304 g/mol. The fourth-order valence-corrected chi connectivity index (χ4v) is 2.91. The second-order valence-corrected chi connectivity index (χ2v) is 5.63. The number of carbonyl (C=O) groups is 2. The number of carbonyl (C=O) groups excluding carboxylic acids is 1. The fraction of sp³-hybridized carbons (Fsp3) is 0.300. The summed E-state index contributed by atoms with van der Waals surface area (Å²) in [7, 11) is 0. The van der Waals surface area contributed by atoms with Crippen molar-refractivity contribution in [1.82, 2.24) is 0 Å². The van der Waals surface area contributed by atoms with E-state index in [-0.39, 0.29) is 23.1 Å². The van der Waals surface area contributed by atoms with Gasteiger partial charge in [-0.1, -0.05) is 56.3 Å². The fourth-order valence-electron chi connectivity index (χ4n) is 2.91. The highest BCUT2D eigenvalue weighted by molar-refractivity contribution is 6.02. The molecule has 0 aliphatic rings. The Morgan fingerprint density at radius 1 is 0.917 bits per heavy atom. The molecular formula is C20H22O4. The lowest BCUT2D eigenvalue weighted by molar-refractivity contribution is 0.0213. The lowest BCUT2D eigenvalue weighted by Gasteiger charge is -2.26. The van der Waals surface area contributed by atoms with Gasteiger partial charge >= 0.3 is 11.9 Å². The van der Waals surface area contributed by atoms with Crippen molar-refractivity contribution in [1.29, 1.82) is 0 Å². The van der Waals surface area contributed by atoms with Crippen LogP contribution in [0.2, 0.25) is 0 Å². The summed E-state index contributed by atoms with van der Waals surface area (Å²) in [5, 5.41) is 9.23. The Hall–Kier alpha value is -2.62. The number of hydrogen-bond acceptors (Lipinski definition) is 3. The normalized spacial score (nSPS) is 13.1. The minimum absolute atomic E-state index is 0.0369. The number of esters is 1. The lowest BCUT2D eigenvalue weighted by Crippen LogP contribution is -2.25. The number of benzene rings is 2. The summed E-state index contributed by atoms with van der Waals surface area (Å²) in [6.07, 6.45) is 1.19. The van der Waals surface area contributed by atoms with Crippen molar-refractivity contribution in [2.24, 2.45) is 0 Å². The summed E-state index contributed by atoms with van der Waals surface area (Å²) in [5.74, 6) is -1.64. The molecule has 0 bridgehead atoms. The van der Waals surface area contributed by atoms with E-state index in [1.807, 2.05) is 37.3 Å². The summed E-state index contributed by atoms with van der Waals surface area (Å²) in [6.45, 7) is 4.02. The van der Waals surface area contributed by atoms with E-state index in [1.54, 1.807) is 12.1 Å². The topological polar surface area (TPSA) is 63.6 Å². The minimum atomic E-state index is -1.13. The molecule has 2 rings (SSSR count). The van der Waals surface area contributed by atoms with Gasteiger partial charge in [0.15, 0.2) is 0 Å². The van der Waals surface area contributed by atoms with E-state index in [4.69, 9.17) is 4.74 Å². The van der Waals surface area contributed by atoms with Crippen molar-refractivity contribution in [3.63, 3.8) is 0 Å². The second-order valence-electron chi connectivity index (χ2n) is 5.63. The van der Waals surface area contributed by atoms with E-state index >= 15 is 0 Å². The van der Waals surface area contributed by atoms with Crippen LogP contribution in [-0.4, -0.2) is 23.1 Å². The van der Waals surface area contributed by atoms with Gasteiger partial charge in [0.05, 0.1) is 11.1 Å². The highest BCUT2D eigenvalue weighted by Gasteiger charge is 2.26. The number of aromatic carboxylic acids is 1. The van der Waals surface area contributed by atoms with E-state index in [9.17, 15) is 14.7 Å². The zero-order chi connectivity index (χ0) is 17.5. The van der Waals surface area contributed by atoms with Crippen LogP contribution in [0.4, 0.5) is 0 Å². The zero-order valence-electron chi connectivity index (χ0n) is 13.9. The maximum atomic E-state index is 12.5. The van der Waals surface area contributed by atoms with E-state index in [2.05, 4.69) is 6.92 Å². The third-order valence-corrected chi connectivity index (χ3v) is 4.15. The third kappa shape index (κ3) is 4.02. The molecule has 0 radical (unpaired) electrons.